The van der Waals surface area contributed by atoms with E-state index >= 15 is 0 Å². The van der Waals surface area contributed by atoms with Gasteiger partial charge in [0.2, 0.25) is 0 Å². The van der Waals surface area contributed by atoms with Crippen LogP contribution in [0.2, 0.25) is 0 Å². The zero-order valence-electron chi connectivity index (χ0n) is 10.7. The van der Waals surface area contributed by atoms with Gasteiger partial charge >= 0.3 is 0 Å². The molecule has 1 fully saturated rings. The van der Waals surface area contributed by atoms with Gasteiger partial charge in [0, 0.05) is 6.04 Å². The Morgan fingerprint density at radius 2 is 1.81 bits per heavy atom. The van der Waals surface area contributed by atoms with Crippen molar-refractivity contribution in [3.8, 4) is 0 Å². The fraction of sp³-hybridized carbons (Fsp3) is 0.600. The van der Waals surface area contributed by atoms with Gasteiger partial charge in [-0.15, -0.1) is 0 Å². The summed E-state index contributed by atoms with van der Waals surface area (Å²) in [6.45, 7) is 7.98. The van der Waals surface area contributed by atoms with Gasteiger partial charge in [-0.3, -0.25) is 0 Å². The zero-order chi connectivity index (χ0) is 11.5. The van der Waals surface area contributed by atoms with E-state index in [9.17, 15) is 0 Å². The third-order valence-electron chi connectivity index (χ3n) is 3.67. The Morgan fingerprint density at radius 3 is 2.31 bits per heavy atom. The van der Waals surface area contributed by atoms with Gasteiger partial charge in [0.25, 0.3) is 0 Å². The molecule has 1 saturated heterocycles. The van der Waals surface area contributed by atoms with E-state index < -0.39 is 0 Å². The summed E-state index contributed by atoms with van der Waals surface area (Å²) in [6.07, 6.45) is 2.63. The molecule has 16 heavy (non-hydrogen) atoms. The molecule has 0 radical (unpaired) electrons. The van der Waals surface area contributed by atoms with E-state index in [-0.39, 0.29) is 0 Å². The van der Waals surface area contributed by atoms with Gasteiger partial charge in [0.1, 0.15) is 0 Å². The minimum atomic E-state index is 0.581. The van der Waals surface area contributed by atoms with Crippen LogP contribution in [0.4, 0.5) is 0 Å². The lowest BCUT2D eigenvalue weighted by Gasteiger charge is -2.28. The Labute approximate surface area is 99.3 Å². The maximum atomic E-state index is 3.63. The van der Waals surface area contributed by atoms with Gasteiger partial charge < -0.3 is 5.32 Å². The normalized spacial score (nSPS) is 26.0. The number of nitrogens with one attached hydrogen (secondary N) is 1. The molecule has 2 atom stereocenters. The van der Waals surface area contributed by atoms with E-state index in [4.69, 9.17) is 0 Å². The number of hydrogen-bond donors (Lipinski definition) is 1. The average molecular weight is 217 g/mol. The molecule has 2 rings (SSSR count). The summed E-state index contributed by atoms with van der Waals surface area (Å²) < 4.78 is 0. The van der Waals surface area contributed by atoms with E-state index in [0.29, 0.717) is 12.0 Å². The Bertz CT molecular complexity index is 318. The highest BCUT2D eigenvalue weighted by atomic mass is 14.9. The van der Waals surface area contributed by atoms with Gasteiger partial charge in [-0.25, -0.2) is 0 Å². The van der Waals surface area contributed by atoms with Crippen LogP contribution in [0.3, 0.4) is 0 Å². The summed E-state index contributed by atoms with van der Waals surface area (Å²) in [4.78, 5) is 0. The van der Waals surface area contributed by atoms with Crippen molar-refractivity contribution in [3.05, 3.63) is 35.4 Å². The van der Waals surface area contributed by atoms with Crippen molar-refractivity contribution in [2.75, 3.05) is 6.54 Å². The van der Waals surface area contributed by atoms with Crippen LogP contribution in [0.5, 0.6) is 0 Å². The summed E-state index contributed by atoms with van der Waals surface area (Å²) >= 11 is 0. The standard InChI is InChI=1S/C15H23N/c1-11(2)13-5-7-14(8-6-13)15-9-4-12(3)10-16-15/h5-8,11-12,15-16H,4,9-10H2,1-3H3. The monoisotopic (exact) mass is 217 g/mol. The van der Waals surface area contributed by atoms with Crippen molar-refractivity contribution in [2.45, 2.75) is 45.6 Å². The van der Waals surface area contributed by atoms with Crippen molar-refractivity contribution in [3.63, 3.8) is 0 Å². The molecular weight excluding hydrogens is 194 g/mol. The van der Waals surface area contributed by atoms with Crippen molar-refractivity contribution < 1.29 is 0 Å². The molecule has 1 heteroatoms. The minimum absolute atomic E-state index is 0.581. The first kappa shape index (κ1) is 11.7. The summed E-state index contributed by atoms with van der Waals surface area (Å²) in [6, 6.07) is 9.73. The second kappa shape index (κ2) is 5.01. The second-order valence-electron chi connectivity index (χ2n) is 5.46. The summed E-state index contributed by atoms with van der Waals surface area (Å²) in [7, 11) is 0. The molecule has 1 aromatic rings. The van der Waals surface area contributed by atoms with Crippen LogP contribution in [0, 0.1) is 5.92 Å². The first-order chi connectivity index (χ1) is 7.66. The van der Waals surface area contributed by atoms with E-state index in [2.05, 4.69) is 50.4 Å². The smallest absolute Gasteiger partial charge is 0.0320 e. The summed E-state index contributed by atoms with van der Waals surface area (Å²) in [5, 5.41) is 3.63. The Morgan fingerprint density at radius 1 is 1.12 bits per heavy atom. The number of piperidine rings is 1. The van der Waals surface area contributed by atoms with Crippen LogP contribution in [0.1, 0.15) is 56.7 Å². The largest absolute Gasteiger partial charge is 0.310 e. The number of benzene rings is 1. The predicted octanol–water partition coefficient (Wildman–Crippen LogP) is 3.87. The lowest BCUT2D eigenvalue weighted by molar-refractivity contribution is 0.333. The fourth-order valence-corrected chi connectivity index (χ4v) is 2.40. The summed E-state index contributed by atoms with van der Waals surface area (Å²) in [5.41, 5.74) is 2.89. The zero-order valence-corrected chi connectivity index (χ0v) is 10.7. The summed E-state index contributed by atoms with van der Waals surface area (Å²) in [5.74, 6) is 1.47. The van der Waals surface area contributed by atoms with E-state index in [1.165, 1.54) is 24.0 Å². The highest BCUT2D eigenvalue weighted by Crippen LogP contribution is 2.26. The molecule has 1 aliphatic heterocycles. The number of rotatable bonds is 2. The van der Waals surface area contributed by atoms with E-state index in [1.807, 2.05) is 0 Å². The maximum Gasteiger partial charge on any atom is 0.0320 e. The van der Waals surface area contributed by atoms with Crippen LogP contribution < -0.4 is 5.32 Å². The van der Waals surface area contributed by atoms with Gasteiger partial charge in [-0.05, 0) is 42.3 Å². The van der Waals surface area contributed by atoms with Gasteiger partial charge in [0.05, 0.1) is 0 Å². The maximum absolute atomic E-state index is 3.63. The molecule has 1 heterocycles. The molecule has 0 amide bonds. The van der Waals surface area contributed by atoms with Gasteiger partial charge in [-0.1, -0.05) is 45.0 Å². The highest BCUT2D eigenvalue weighted by Gasteiger charge is 2.18. The first-order valence-electron chi connectivity index (χ1n) is 6.50. The van der Waals surface area contributed by atoms with Crippen LogP contribution >= 0.6 is 0 Å². The van der Waals surface area contributed by atoms with Crippen molar-refractivity contribution in [1.29, 1.82) is 0 Å². The molecule has 0 spiro atoms. The predicted molar refractivity (Wildman–Crippen MR) is 69.7 cm³/mol. The van der Waals surface area contributed by atoms with Crippen LogP contribution in [-0.4, -0.2) is 6.54 Å². The average Bonchev–Trinajstić information content (AvgIpc) is 2.30. The Hall–Kier alpha value is -0.820. The Balaban J connectivity index is 2.04. The van der Waals surface area contributed by atoms with Gasteiger partial charge in [-0.2, -0.15) is 0 Å². The quantitative estimate of drug-likeness (QED) is 0.793. The highest BCUT2D eigenvalue weighted by molar-refractivity contribution is 5.27. The molecule has 0 saturated carbocycles. The molecule has 1 aromatic carbocycles. The minimum Gasteiger partial charge on any atom is -0.310 e. The first-order valence-corrected chi connectivity index (χ1v) is 6.50. The van der Waals surface area contributed by atoms with E-state index in [1.54, 1.807) is 0 Å². The SMILES string of the molecule is CC1CCC(c2ccc(C(C)C)cc2)NC1. The van der Waals surface area contributed by atoms with Crippen LogP contribution in [-0.2, 0) is 0 Å². The molecule has 0 aliphatic carbocycles. The Kier molecular flexibility index (Phi) is 3.65. The molecule has 2 unspecified atom stereocenters. The number of hydrogen-bond acceptors (Lipinski definition) is 1. The topological polar surface area (TPSA) is 12.0 Å². The molecule has 0 aromatic heterocycles. The van der Waals surface area contributed by atoms with E-state index in [0.717, 1.165) is 12.5 Å². The third kappa shape index (κ3) is 2.65. The van der Waals surface area contributed by atoms with Gasteiger partial charge in [0.15, 0.2) is 0 Å². The molecule has 88 valence electrons. The second-order valence-corrected chi connectivity index (χ2v) is 5.46. The lowest BCUT2D eigenvalue weighted by Crippen LogP contribution is -2.31. The molecule has 1 nitrogen and oxygen atoms in total. The van der Waals surface area contributed by atoms with Crippen molar-refractivity contribution >= 4 is 0 Å². The lowest BCUT2D eigenvalue weighted by atomic mass is 9.91. The fourth-order valence-electron chi connectivity index (χ4n) is 2.40. The molecule has 1 N–H and O–H groups in total. The molecular formula is C15H23N. The molecule has 1 aliphatic rings. The van der Waals surface area contributed by atoms with Crippen LogP contribution in [0.15, 0.2) is 24.3 Å². The third-order valence-corrected chi connectivity index (χ3v) is 3.67. The van der Waals surface area contributed by atoms with Crippen molar-refractivity contribution in [1.82, 2.24) is 5.32 Å². The molecule has 0 bridgehead atoms. The van der Waals surface area contributed by atoms with Crippen molar-refractivity contribution in [2.24, 2.45) is 5.92 Å². The van der Waals surface area contributed by atoms with Crippen LogP contribution in [0.25, 0.3) is 0 Å².